The zero-order valence-electron chi connectivity index (χ0n) is 24.3. The van der Waals surface area contributed by atoms with Crippen LogP contribution in [0.3, 0.4) is 0 Å². The van der Waals surface area contributed by atoms with Gasteiger partial charge in [-0.05, 0) is 31.0 Å². The minimum atomic E-state index is -1.10. The Hall–Kier alpha value is -4.10. The van der Waals surface area contributed by atoms with Crippen LogP contribution < -0.4 is 14.2 Å². The molecule has 4 rings (SSSR count). The molecule has 234 valence electrons. The van der Waals surface area contributed by atoms with Crippen molar-refractivity contribution in [2.24, 2.45) is 11.8 Å². The predicted molar refractivity (Wildman–Crippen MR) is 162 cm³/mol. The molecule has 2 aromatic carbocycles. The SMILES string of the molecule is COc1cc2sc(C(=O)C[C@H](C)C(=O)O)cc2c(F)c1CCCOc1c(OC)cc2sc(C(=O)C[C@H](C)C(=O)O)cc2c1F. The van der Waals surface area contributed by atoms with E-state index in [-0.39, 0.29) is 81.4 Å². The number of carboxylic acid groups (broad SMARTS) is 2. The van der Waals surface area contributed by atoms with E-state index < -0.39 is 41.2 Å². The number of halogens is 2. The van der Waals surface area contributed by atoms with E-state index in [4.69, 9.17) is 24.4 Å². The topological polar surface area (TPSA) is 136 Å². The number of hydrogen-bond acceptors (Lipinski definition) is 9. The maximum Gasteiger partial charge on any atom is 0.306 e. The molecule has 0 fully saturated rings. The third-order valence-corrected chi connectivity index (χ3v) is 9.38. The molecule has 2 N–H and O–H groups in total. The molecule has 0 amide bonds. The highest BCUT2D eigenvalue weighted by Crippen LogP contribution is 2.41. The summed E-state index contributed by atoms with van der Waals surface area (Å²) in [7, 11) is 2.74. The molecular weight excluding hydrogens is 618 g/mol. The first-order chi connectivity index (χ1) is 20.9. The molecule has 0 unspecified atom stereocenters. The summed E-state index contributed by atoms with van der Waals surface area (Å²) in [6.07, 6.45) is -0.00998. The van der Waals surface area contributed by atoms with Crippen molar-refractivity contribution in [2.45, 2.75) is 39.5 Å². The smallest absolute Gasteiger partial charge is 0.306 e. The van der Waals surface area contributed by atoms with Gasteiger partial charge in [-0.2, -0.15) is 0 Å². The first-order valence-electron chi connectivity index (χ1n) is 13.6. The van der Waals surface area contributed by atoms with Gasteiger partial charge in [-0.1, -0.05) is 13.8 Å². The number of Topliss-reactive ketones (excluding diaryl/α,β-unsaturated/α-hetero) is 2. The van der Waals surface area contributed by atoms with Gasteiger partial charge in [-0.3, -0.25) is 19.2 Å². The molecular formula is C31H30F2O9S2. The number of carbonyl (C=O) groups is 4. The fourth-order valence-corrected chi connectivity index (χ4v) is 6.66. The number of rotatable bonds is 15. The van der Waals surface area contributed by atoms with E-state index in [9.17, 15) is 19.2 Å². The summed E-state index contributed by atoms with van der Waals surface area (Å²) < 4.78 is 48.5. The van der Waals surface area contributed by atoms with Gasteiger partial charge in [0.1, 0.15) is 11.6 Å². The molecule has 2 aromatic heterocycles. The maximum absolute atomic E-state index is 15.6. The van der Waals surface area contributed by atoms with Gasteiger partial charge in [-0.25, -0.2) is 8.78 Å². The fraction of sp³-hybridized carbons (Fsp3) is 0.355. The number of fused-ring (bicyclic) bond motifs is 2. The number of benzene rings is 2. The standard InChI is InChI=1S/C31H30F2O9S2/c1-14(30(36)37)8-19(34)25-10-17-23(43-25)12-21(40-3)16(27(17)32)6-5-7-42-29-22(41-4)13-24-18(28(29)33)11-26(44-24)20(35)9-15(2)31(38)39/h10-15H,5-9H2,1-4H3,(H,36,37)(H,38,39)/t14-,15-/m0/s1. The maximum atomic E-state index is 15.6. The minimum absolute atomic E-state index is 0.0219. The van der Waals surface area contributed by atoms with Crippen LogP contribution in [0.15, 0.2) is 24.3 Å². The fourth-order valence-electron chi connectivity index (χ4n) is 4.59. The number of aliphatic carboxylic acids is 2. The number of carbonyl (C=O) groups excluding carboxylic acids is 2. The van der Waals surface area contributed by atoms with Crippen LogP contribution in [-0.4, -0.2) is 54.5 Å². The van der Waals surface area contributed by atoms with E-state index in [0.29, 0.717) is 9.40 Å². The average Bonchev–Trinajstić information content (AvgIpc) is 3.62. The minimum Gasteiger partial charge on any atom is -0.496 e. The number of thiophene rings is 2. The first-order valence-corrected chi connectivity index (χ1v) is 15.2. The number of carboxylic acids is 2. The molecule has 13 heteroatoms. The lowest BCUT2D eigenvalue weighted by atomic mass is 10.0. The third kappa shape index (κ3) is 6.83. The Kier molecular flexibility index (Phi) is 10.2. The van der Waals surface area contributed by atoms with Crippen LogP contribution >= 0.6 is 22.7 Å². The highest BCUT2D eigenvalue weighted by molar-refractivity contribution is 7.21. The zero-order chi connectivity index (χ0) is 32.3. The summed E-state index contributed by atoms with van der Waals surface area (Å²) in [6, 6.07) is 5.96. The Balaban J connectivity index is 1.51. The van der Waals surface area contributed by atoms with Crippen LogP contribution in [-0.2, 0) is 16.0 Å². The van der Waals surface area contributed by atoms with Crippen LogP contribution in [0.2, 0.25) is 0 Å². The van der Waals surface area contributed by atoms with Gasteiger partial charge in [0.05, 0.1) is 42.4 Å². The molecule has 0 bridgehead atoms. The molecule has 44 heavy (non-hydrogen) atoms. The second kappa shape index (κ2) is 13.7. The Morgan fingerprint density at radius 3 is 1.73 bits per heavy atom. The summed E-state index contributed by atoms with van der Waals surface area (Å²) in [5.74, 6) is -5.85. The molecule has 9 nitrogen and oxygen atoms in total. The van der Waals surface area contributed by atoms with Gasteiger partial charge in [0, 0.05) is 44.6 Å². The quantitative estimate of drug-likeness (QED) is 0.103. The lowest BCUT2D eigenvalue weighted by molar-refractivity contribution is -0.141. The molecule has 0 radical (unpaired) electrons. The third-order valence-electron chi connectivity index (χ3n) is 7.14. The molecule has 0 saturated carbocycles. The molecule has 0 aliphatic heterocycles. The van der Waals surface area contributed by atoms with Crippen molar-refractivity contribution in [3.05, 3.63) is 51.2 Å². The van der Waals surface area contributed by atoms with Crippen LogP contribution in [0, 0.1) is 23.5 Å². The Morgan fingerprint density at radius 1 is 0.773 bits per heavy atom. The van der Waals surface area contributed by atoms with Gasteiger partial charge >= 0.3 is 11.9 Å². The lowest BCUT2D eigenvalue weighted by Crippen LogP contribution is -2.14. The number of ether oxygens (including phenoxy) is 3. The van der Waals surface area contributed by atoms with E-state index in [1.165, 1.54) is 40.2 Å². The molecule has 2 atom stereocenters. The second-order valence-corrected chi connectivity index (χ2v) is 12.5. The Labute approximate surface area is 259 Å². The second-order valence-electron chi connectivity index (χ2n) is 10.3. The van der Waals surface area contributed by atoms with Gasteiger partial charge in [0.15, 0.2) is 28.9 Å². The van der Waals surface area contributed by atoms with Gasteiger partial charge in [0.25, 0.3) is 0 Å². The summed E-state index contributed by atoms with van der Waals surface area (Å²) in [6.45, 7) is 2.83. The summed E-state index contributed by atoms with van der Waals surface area (Å²) in [5.41, 5.74) is 0.249. The molecule has 0 saturated heterocycles. The normalized spacial score (nSPS) is 12.7. The van der Waals surface area contributed by atoms with Crippen molar-refractivity contribution in [1.82, 2.24) is 0 Å². The van der Waals surface area contributed by atoms with E-state index in [1.807, 2.05) is 0 Å². The number of hydrogen-bond donors (Lipinski definition) is 2. The monoisotopic (exact) mass is 648 g/mol. The lowest BCUT2D eigenvalue weighted by Gasteiger charge is -2.14. The van der Waals surface area contributed by atoms with E-state index in [1.54, 1.807) is 12.1 Å². The summed E-state index contributed by atoms with van der Waals surface area (Å²) >= 11 is 2.09. The Morgan fingerprint density at radius 2 is 1.25 bits per heavy atom. The van der Waals surface area contributed by atoms with Gasteiger partial charge in [0.2, 0.25) is 0 Å². The van der Waals surface area contributed by atoms with Crippen LogP contribution in [0.1, 0.15) is 58.0 Å². The Bertz CT molecular complexity index is 1630. The van der Waals surface area contributed by atoms with Crippen molar-refractivity contribution < 1.29 is 52.4 Å². The first kappa shape index (κ1) is 32.8. The largest absolute Gasteiger partial charge is 0.496 e. The molecule has 0 aliphatic carbocycles. The van der Waals surface area contributed by atoms with E-state index in [0.717, 1.165) is 22.7 Å². The van der Waals surface area contributed by atoms with Crippen molar-refractivity contribution in [1.29, 1.82) is 0 Å². The molecule has 0 aliphatic rings. The molecule has 4 aromatic rings. The predicted octanol–water partition coefficient (Wildman–Crippen LogP) is 7.01. The van der Waals surface area contributed by atoms with Crippen molar-refractivity contribution >= 4 is 66.4 Å². The van der Waals surface area contributed by atoms with Gasteiger partial charge in [-0.15, -0.1) is 22.7 Å². The van der Waals surface area contributed by atoms with Crippen LogP contribution in [0.25, 0.3) is 20.2 Å². The summed E-state index contributed by atoms with van der Waals surface area (Å²) in [4.78, 5) is 47.9. The highest BCUT2D eigenvalue weighted by Gasteiger charge is 2.24. The van der Waals surface area contributed by atoms with Crippen molar-refractivity contribution in [3.63, 3.8) is 0 Å². The van der Waals surface area contributed by atoms with Crippen molar-refractivity contribution in [2.75, 3.05) is 20.8 Å². The van der Waals surface area contributed by atoms with E-state index >= 15 is 8.78 Å². The van der Waals surface area contributed by atoms with E-state index in [2.05, 4.69) is 0 Å². The summed E-state index contributed by atoms with van der Waals surface area (Å²) in [5, 5.41) is 18.6. The van der Waals surface area contributed by atoms with Crippen LogP contribution in [0.5, 0.6) is 17.2 Å². The average molecular weight is 649 g/mol. The van der Waals surface area contributed by atoms with Crippen molar-refractivity contribution in [3.8, 4) is 17.2 Å². The zero-order valence-corrected chi connectivity index (χ0v) is 26.0. The molecule has 2 heterocycles. The number of ketones is 2. The van der Waals surface area contributed by atoms with Crippen LogP contribution in [0.4, 0.5) is 8.78 Å². The highest BCUT2D eigenvalue weighted by atomic mass is 32.1. The van der Waals surface area contributed by atoms with Gasteiger partial charge < -0.3 is 24.4 Å². The molecule has 0 spiro atoms. The number of methoxy groups -OCH3 is 2.